The molecule has 0 radical (unpaired) electrons. The van der Waals surface area contributed by atoms with Crippen LogP contribution in [0.1, 0.15) is 69.8 Å². The predicted molar refractivity (Wildman–Crippen MR) is 91.8 cm³/mol. The summed E-state index contributed by atoms with van der Waals surface area (Å²) in [6, 6.07) is 0. The van der Waals surface area contributed by atoms with Crippen molar-refractivity contribution in [3.63, 3.8) is 0 Å². The Morgan fingerprint density at radius 3 is 2.96 bits per heavy atom. The molecule has 3 aliphatic rings. The summed E-state index contributed by atoms with van der Waals surface area (Å²) < 4.78 is 12.0. The molecule has 2 fully saturated rings. The van der Waals surface area contributed by atoms with E-state index >= 15 is 0 Å². The molecular formula is C19H27N3O3. The lowest BCUT2D eigenvalue weighted by Gasteiger charge is -2.34. The second-order valence-electron chi connectivity index (χ2n) is 7.89. The highest BCUT2D eigenvalue weighted by molar-refractivity contribution is 5.77. The topological polar surface area (TPSA) is 68.5 Å². The first-order valence-electron chi connectivity index (χ1n) is 9.53. The maximum absolute atomic E-state index is 12.6. The zero-order chi connectivity index (χ0) is 17.4. The van der Waals surface area contributed by atoms with Gasteiger partial charge in [0.05, 0.1) is 6.10 Å². The van der Waals surface area contributed by atoms with Crippen molar-refractivity contribution in [2.24, 2.45) is 11.8 Å². The SMILES string of the molecule is CC(C)c1nnc([C@@H]2C[C@@H]3CCN(C(=O)C[C@H]4C=CCC4)C[C@H]3O2)o1. The van der Waals surface area contributed by atoms with E-state index in [9.17, 15) is 4.79 Å². The zero-order valence-electron chi connectivity index (χ0n) is 15.1. The smallest absolute Gasteiger partial charge is 0.245 e. The molecule has 6 heteroatoms. The van der Waals surface area contributed by atoms with E-state index in [1.165, 1.54) is 0 Å². The first kappa shape index (κ1) is 16.8. The molecule has 0 saturated carbocycles. The van der Waals surface area contributed by atoms with Crippen LogP contribution in [0.2, 0.25) is 0 Å². The molecule has 1 amide bonds. The lowest BCUT2D eigenvalue weighted by atomic mass is 9.91. The summed E-state index contributed by atoms with van der Waals surface area (Å²) in [7, 11) is 0. The van der Waals surface area contributed by atoms with Crippen molar-refractivity contribution >= 4 is 5.91 Å². The van der Waals surface area contributed by atoms with Crippen LogP contribution in [0.3, 0.4) is 0 Å². The maximum atomic E-state index is 12.6. The van der Waals surface area contributed by atoms with Crippen LogP contribution in [0.5, 0.6) is 0 Å². The molecule has 1 aromatic heterocycles. The van der Waals surface area contributed by atoms with Crippen LogP contribution in [0, 0.1) is 11.8 Å². The van der Waals surface area contributed by atoms with Crippen molar-refractivity contribution in [1.82, 2.24) is 15.1 Å². The number of carbonyl (C=O) groups is 1. The summed E-state index contributed by atoms with van der Waals surface area (Å²) in [4.78, 5) is 14.6. The standard InChI is InChI=1S/C19H27N3O3/c1-12(2)18-20-21-19(25-18)15-10-14-7-8-22(11-16(14)24-15)17(23)9-13-5-3-4-6-13/h3,5,12-16H,4,6-11H2,1-2H3/t13-,14-,15-,16+/m0/s1. The third kappa shape index (κ3) is 3.50. The molecule has 0 bridgehead atoms. The van der Waals surface area contributed by atoms with E-state index in [4.69, 9.17) is 9.15 Å². The number of rotatable bonds is 4. The summed E-state index contributed by atoms with van der Waals surface area (Å²) in [5, 5.41) is 8.28. The molecule has 2 aliphatic heterocycles. The van der Waals surface area contributed by atoms with Gasteiger partial charge in [-0.1, -0.05) is 26.0 Å². The number of ether oxygens (including phenoxy) is 1. The molecule has 1 aromatic rings. The second kappa shape index (κ2) is 6.90. The number of carbonyl (C=O) groups excluding carboxylic acids is 1. The van der Waals surface area contributed by atoms with Gasteiger partial charge in [-0.15, -0.1) is 10.2 Å². The number of hydrogen-bond acceptors (Lipinski definition) is 5. The molecule has 4 rings (SSSR count). The summed E-state index contributed by atoms with van der Waals surface area (Å²) in [6.45, 7) is 5.61. The van der Waals surface area contributed by atoms with E-state index in [1.807, 2.05) is 18.7 Å². The Kier molecular flexibility index (Phi) is 4.63. The fraction of sp³-hybridized carbons (Fsp3) is 0.737. The van der Waals surface area contributed by atoms with Crippen molar-refractivity contribution < 1.29 is 13.9 Å². The number of piperidine rings is 1. The van der Waals surface area contributed by atoms with Gasteiger partial charge in [-0.05, 0) is 37.5 Å². The van der Waals surface area contributed by atoms with Gasteiger partial charge < -0.3 is 14.1 Å². The lowest BCUT2D eigenvalue weighted by molar-refractivity contribution is -0.136. The molecular weight excluding hydrogens is 318 g/mol. The van der Waals surface area contributed by atoms with Crippen LogP contribution in [-0.4, -0.2) is 40.2 Å². The Morgan fingerprint density at radius 2 is 2.24 bits per heavy atom. The Labute approximate surface area is 148 Å². The van der Waals surface area contributed by atoms with Crippen molar-refractivity contribution in [3.05, 3.63) is 23.9 Å². The van der Waals surface area contributed by atoms with Gasteiger partial charge in [0, 0.05) is 25.4 Å². The molecule has 0 unspecified atom stereocenters. The van der Waals surface area contributed by atoms with E-state index in [-0.39, 0.29) is 24.0 Å². The van der Waals surface area contributed by atoms with Crippen LogP contribution < -0.4 is 0 Å². The number of fused-ring (bicyclic) bond motifs is 1. The number of likely N-dealkylation sites (tertiary alicyclic amines) is 1. The summed E-state index contributed by atoms with van der Waals surface area (Å²) in [5.41, 5.74) is 0. The number of aromatic nitrogens is 2. The monoisotopic (exact) mass is 345 g/mol. The predicted octanol–water partition coefficient (Wildman–Crippen LogP) is 3.23. The zero-order valence-corrected chi connectivity index (χ0v) is 15.1. The Balaban J connectivity index is 1.35. The molecule has 2 saturated heterocycles. The average molecular weight is 345 g/mol. The van der Waals surface area contributed by atoms with E-state index in [2.05, 4.69) is 22.3 Å². The second-order valence-corrected chi connectivity index (χ2v) is 7.89. The fourth-order valence-corrected chi connectivity index (χ4v) is 4.14. The lowest BCUT2D eigenvalue weighted by Crippen LogP contribution is -2.45. The number of nitrogens with zero attached hydrogens (tertiary/aromatic N) is 3. The van der Waals surface area contributed by atoms with Gasteiger partial charge in [-0.3, -0.25) is 4.79 Å². The van der Waals surface area contributed by atoms with Gasteiger partial charge in [0.15, 0.2) is 0 Å². The van der Waals surface area contributed by atoms with Gasteiger partial charge >= 0.3 is 0 Å². The van der Waals surface area contributed by atoms with Crippen LogP contribution in [0.4, 0.5) is 0 Å². The van der Waals surface area contributed by atoms with Gasteiger partial charge in [-0.2, -0.15) is 0 Å². The van der Waals surface area contributed by atoms with Crippen LogP contribution in [0.25, 0.3) is 0 Å². The highest BCUT2D eigenvalue weighted by atomic mass is 16.5. The van der Waals surface area contributed by atoms with Crippen molar-refractivity contribution in [2.45, 2.75) is 64.1 Å². The highest BCUT2D eigenvalue weighted by Gasteiger charge is 2.42. The molecule has 1 aliphatic carbocycles. The summed E-state index contributed by atoms with van der Waals surface area (Å²) in [5.74, 6) is 2.65. The molecule has 4 atom stereocenters. The van der Waals surface area contributed by atoms with Crippen molar-refractivity contribution in [1.29, 1.82) is 0 Å². The third-order valence-corrected chi connectivity index (χ3v) is 5.68. The molecule has 136 valence electrons. The Morgan fingerprint density at radius 1 is 1.36 bits per heavy atom. The fourth-order valence-electron chi connectivity index (χ4n) is 4.14. The third-order valence-electron chi connectivity index (χ3n) is 5.68. The van der Waals surface area contributed by atoms with Crippen LogP contribution in [-0.2, 0) is 9.53 Å². The van der Waals surface area contributed by atoms with Gasteiger partial charge in [0.2, 0.25) is 17.7 Å². The molecule has 3 heterocycles. The van der Waals surface area contributed by atoms with Gasteiger partial charge in [-0.25, -0.2) is 0 Å². The number of hydrogen-bond donors (Lipinski definition) is 0. The highest BCUT2D eigenvalue weighted by Crippen LogP contribution is 2.41. The average Bonchev–Trinajstić information content (AvgIpc) is 3.33. The first-order chi connectivity index (χ1) is 12.1. The maximum Gasteiger partial charge on any atom is 0.245 e. The van der Waals surface area contributed by atoms with Crippen LogP contribution >= 0.6 is 0 Å². The minimum absolute atomic E-state index is 0.0937. The van der Waals surface area contributed by atoms with Crippen molar-refractivity contribution in [3.8, 4) is 0 Å². The van der Waals surface area contributed by atoms with E-state index in [0.717, 1.165) is 32.2 Å². The van der Waals surface area contributed by atoms with E-state index in [1.54, 1.807) is 0 Å². The van der Waals surface area contributed by atoms with Gasteiger partial charge in [0.1, 0.15) is 6.10 Å². The molecule has 25 heavy (non-hydrogen) atoms. The summed E-state index contributed by atoms with van der Waals surface area (Å²) in [6.07, 6.45) is 9.11. The van der Waals surface area contributed by atoms with Gasteiger partial charge in [0.25, 0.3) is 0 Å². The van der Waals surface area contributed by atoms with E-state index < -0.39 is 0 Å². The largest absolute Gasteiger partial charge is 0.422 e. The first-order valence-corrected chi connectivity index (χ1v) is 9.53. The Hall–Kier alpha value is -1.69. The quantitative estimate of drug-likeness (QED) is 0.784. The van der Waals surface area contributed by atoms with E-state index in [0.29, 0.717) is 36.6 Å². The summed E-state index contributed by atoms with van der Waals surface area (Å²) >= 11 is 0. The van der Waals surface area contributed by atoms with Crippen LogP contribution in [0.15, 0.2) is 16.6 Å². The minimum Gasteiger partial charge on any atom is -0.422 e. The number of allylic oxidation sites excluding steroid dienone is 2. The molecule has 0 spiro atoms. The number of amides is 1. The molecule has 6 nitrogen and oxygen atoms in total. The molecule has 0 aromatic carbocycles. The Bertz CT molecular complexity index is 654. The normalized spacial score (nSPS) is 31.7. The minimum atomic E-state index is -0.122. The molecule has 0 N–H and O–H groups in total. The van der Waals surface area contributed by atoms with Crippen molar-refractivity contribution in [2.75, 3.05) is 13.1 Å².